The van der Waals surface area contributed by atoms with Gasteiger partial charge in [0.05, 0.1) is 12.7 Å². The number of aryl methyl sites for hydroxylation is 1. The average Bonchev–Trinajstić information content (AvgIpc) is 2.64. The molecule has 0 N–H and O–H groups in total. The molecule has 0 amide bonds. The maximum Gasteiger partial charge on any atom is 0.341 e. The fraction of sp³-hybridized carbons (Fsp3) is 0.176. The number of carbonyl (C=O) groups excluding carboxylic acids is 2. The number of hydrogen-bond acceptors (Lipinski definition) is 4. The van der Waals surface area contributed by atoms with Crippen LogP contribution >= 0.6 is 0 Å². The van der Waals surface area contributed by atoms with Crippen LogP contribution in [0.5, 0.6) is 5.75 Å². The fourth-order valence-electron chi connectivity index (χ4n) is 2.52. The van der Waals surface area contributed by atoms with Crippen LogP contribution in [0, 0.1) is 6.92 Å². The first-order chi connectivity index (χ1) is 10.1. The molecule has 0 saturated heterocycles. The molecule has 0 saturated carbocycles. The summed E-state index contributed by atoms with van der Waals surface area (Å²) in [6.07, 6.45) is 0. The number of benzene rings is 2. The van der Waals surface area contributed by atoms with Gasteiger partial charge in [0.2, 0.25) is 0 Å². The summed E-state index contributed by atoms with van der Waals surface area (Å²) in [6, 6.07) is 10.7. The van der Waals surface area contributed by atoms with Crippen molar-refractivity contribution < 1.29 is 19.1 Å². The second-order valence-electron chi connectivity index (χ2n) is 4.96. The molecule has 21 heavy (non-hydrogen) atoms. The smallest absolute Gasteiger partial charge is 0.341 e. The van der Waals surface area contributed by atoms with E-state index in [-0.39, 0.29) is 18.0 Å². The number of ketones is 1. The lowest BCUT2D eigenvalue weighted by Gasteiger charge is -2.12. The quantitative estimate of drug-likeness (QED) is 0.755. The molecular weight excluding hydrogens is 268 g/mol. The Morgan fingerprint density at radius 2 is 1.95 bits per heavy atom. The molecule has 0 radical (unpaired) electrons. The first-order valence-corrected chi connectivity index (χ1v) is 6.60. The van der Waals surface area contributed by atoms with Gasteiger partial charge >= 0.3 is 5.97 Å². The van der Waals surface area contributed by atoms with Crippen LogP contribution in [0.1, 0.15) is 37.4 Å². The zero-order valence-corrected chi connectivity index (χ0v) is 11.8. The molecule has 2 aromatic rings. The van der Waals surface area contributed by atoms with Crippen molar-refractivity contribution in [1.29, 1.82) is 0 Å². The zero-order chi connectivity index (χ0) is 15.0. The van der Waals surface area contributed by atoms with Crippen LogP contribution < -0.4 is 4.74 Å². The maximum atomic E-state index is 12.7. The molecule has 0 fully saturated rings. The molecular formula is C17H14O4. The third kappa shape index (κ3) is 2.18. The van der Waals surface area contributed by atoms with Gasteiger partial charge in [0.15, 0.2) is 5.78 Å². The molecule has 0 unspecified atom stereocenters. The minimum Gasteiger partial charge on any atom is -0.487 e. The number of carbonyl (C=O) groups is 2. The van der Waals surface area contributed by atoms with E-state index in [0.717, 1.165) is 11.1 Å². The molecule has 1 heterocycles. The van der Waals surface area contributed by atoms with Gasteiger partial charge in [-0.25, -0.2) is 4.79 Å². The molecule has 0 atom stereocenters. The summed E-state index contributed by atoms with van der Waals surface area (Å²) in [4.78, 5) is 24.6. The lowest BCUT2D eigenvalue weighted by molar-refractivity contribution is 0.0595. The lowest BCUT2D eigenvalue weighted by Crippen LogP contribution is -2.09. The Labute approximate surface area is 122 Å². The van der Waals surface area contributed by atoms with E-state index in [9.17, 15) is 9.59 Å². The Balaban J connectivity index is 2.23. The highest BCUT2D eigenvalue weighted by Crippen LogP contribution is 2.33. The minimum atomic E-state index is -0.506. The van der Waals surface area contributed by atoms with E-state index in [1.54, 1.807) is 18.2 Å². The normalized spacial score (nSPS) is 12.8. The Hall–Kier alpha value is -2.62. The zero-order valence-electron chi connectivity index (χ0n) is 11.8. The van der Waals surface area contributed by atoms with E-state index in [0.29, 0.717) is 16.9 Å². The molecule has 4 nitrogen and oxygen atoms in total. The fourth-order valence-corrected chi connectivity index (χ4v) is 2.52. The number of fused-ring (bicyclic) bond motifs is 2. The highest BCUT2D eigenvalue weighted by atomic mass is 16.5. The topological polar surface area (TPSA) is 52.6 Å². The minimum absolute atomic E-state index is 0.132. The van der Waals surface area contributed by atoms with Crippen LogP contribution in [0.4, 0.5) is 0 Å². The second-order valence-corrected chi connectivity index (χ2v) is 4.96. The molecule has 3 rings (SSSR count). The monoisotopic (exact) mass is 282 g/mol. The van der Waals surface area contributed by atoms with Crippen LogP contribution in [0.15, 0.2) is 36.4 Å². The Bertz CT molecular complexity index is 746. The highest BCUT2D eigenvalue weighted by Gasteiger charge is 2.27. The third-order valence-electron chi connectivity index (χ3n) is 3.52. The van der Waals surface area contributed by atoms with Gasteiger partial charge in [-0.1, -0.05) is 24.3 Å². The number of methoxy groups -OCH3 is 1. The van der Waals surface area contributed by atoms with Crippen molar-refractivity contribution in [2.45, 2.75) is 13.5 Å². The van der Waals surface area contributed by atoms with Crippen LogP contribution in [-0.2, 0) is 11.3 Å². The van der Waals surface area contributed by atoms with Gasteiger partial charge in [-0.05, 0) is 24.6 Å². The number of ether oxygens (including phenoxy) is 2. The Morgan fingerprint density at radius 1 is 1.19 bits per heavy atom. The first-order valence-electron chi connectivity index (χ1n) is 6.60. The summed E-state index contributed by atoms with van der Waals surface area (Å²) in [5, 5.41) is 0. The molecule has 0 aromatic heterocycles. The lowest BCUT2D eigenvalue weighted by atomic mass is 9.96. The van der Waals surface area contributed by atoms with Gasteiger partial charge in [-0.3, -0.25) is 4.79 Å². The van der Waals surface area contributed by atoms with Crippen LogP contribution in [0.25, 0.3) is 0 Å². The van der Waals surface area contributed by atoms with Crippen molar-refractivity contribution in [2.24, 2.45) is 0 Å². The average molecular weight is 282 g/mol. The van der Waals surface area contributed by atoms with E-state index < -0.39 is 5.97 Å². The Morgan fingerprint density at radius 3 is 2.71 bits per heavy atom. The first kappa shape index (κ1) is 13.4. The third-order valence-corrected chi connectivity index (χ3v) is 3.52. The van der Waals surface area contributed by atoms with Crippen molar-refractivity contribution in [3.05, 3.63) is 64.2 Å². The summed E-state index contributed by atoms with van der Waals surface area (Å²) < 4.78 is 10.5. The van der Waals surface area contributed by atoms with Crippen LogP contribution in [0.2, 0.25) is 0 Å². The molecule has 0 bridgehead atoms. The van der Waals surface area contributed by atoms with E-state index >= 15 is 0 Å². The van der Waals surface area contributed by atoms with Crippen LogP contribution in [-0.4, -0.2) is 18.9 Å². The molecule has 0 spiro atoms. The number of rotatable bonds is 1. The summed E-state index contributed by atoms with van der Waals surface area (Å²) >= 11 is 0. The van der Waals surface area contributed by atoms with Gasteiger partial charge in [0, 0.05) is 11.1 Å². The SMILES string of the molecule is COC(=O)c1cc(C)cc2c1OCc1ccccc1C2=O. The van der Waals surface area contributed by atoms with E-state index in [1.165, 1.54) is 7.11 Å². The predicted molar refractivity (Wildman–Crippen MR) is 76.7 cm³/mol. The van der Waals surface area contributed by atoms with Gasteiger partial charge in [-0.15, -0.1) is 0 Å². The van der Waals surface area contributed by atoms with Crippen molar-refractivity contribution in [1.82, 2.24) is 0 Å². The Kier molecular flexibility index (Phi) is 3.22. The van der Waals surface area contributed by atoms with E-state index in [2.05, 4.69) is 0 Å². The summed E-state index contributed by atoms with van der Waals surface area (Å²) in [6.45, 7) is 2.08. The van der Waals surface area contributed by atoms with Gasteiger partial charge in [0.25, 0.3) is 0 Å². The van der Waals surface area contributed by atoms with Crippen molar-refractivity contribution >= 4 is 11.8 Å². The van der Waals surface area contributed by atoms with Crippen molar-refractivity contribution in [2.75, 3.05) is 7.11 Å². The van der Waals surface area contributed by atoms with Gasteiger partial charge < -0.3 is 9.47 Å². The molecule has 4 heteroatoms. The molecule has 2 aromatic carbocycles. The largest absolute Gasteiger partial charge is 0.487 e. The van der Waals surface area contributed by atoms with Crippen LogP contribution in [0.3, 0.4) is 0 Å². The van der Waals surface area contributed by atoms with Crippen molar-refractivity contribution in [3.63, 3.8) is 0 Å². The van der Waals surface area contributed by atoms with Gasteiger partial charge in [0.1, 0.15) is 17.9 Å². The number of hydrogen-bond donors (Lipinski definition) is 0. The van der Waals surface area contributed by atoms with E-state index in [4.69, 9.17) is 9.47 Å². The summed E-state index contributed by atoms with van der Waals surface area (Å²) in [7, 11) is 1.31. The predicted octanol–water partition coefficient (Wildman–Crippen LogP) is 2.91. The summed E-state index contributed by atoms with van der Waals surface area (Å²) in [5.41, 5.74) is 2.92. The highest BCUT2D eigenvalue weighted by molar-refractivity contribution is 6.13. The number of esters is 1. The molecule has 0 aliphatic carbocycles. The van der Waals surface area contributed by atoms with E-state index in [1.807, 2.05) is 25.1 Å². The maximum absolute atomic E-state index is 12.7. The molecule has 1 aliphatic rings. The summed E-state index contributed by atoms with van der Waals surface area (Å²) in [5.74, 6) is -0.339. The second kappa shape index (κ2) is 5.05. The van der Waals surface area contributed by atoms with Gasteiger partial charge in [-0.2, -0.15) is 0 Å². The molecule has 106 valence electrons. The van der Waals surface area contributed by atoms with Crippen molar-refractivity contribution in [3.8, 4) is 5.75 Å². The molecule has 1 aliphatic heterocycles. The standard InChI is InChI=1S/C17H14O4/c1-10-7-13-15(18)12-6-4-3-5-11(12)9-21-16(13)14(8-10)17(19)20-2/h3-8H,9H2,1-2H3.